The Balaban J connectivity index is 1.54. The first kappa shape index (κ1) is 17.9. The molecular formula is C19H15N5O3. The maximum absolute atomic E-state index is 12.1. The van der Waals surface area contributed by atoms with Crippen molar-refractivity contribution >= 4 is 24.1 Å². The molecule has 0 atom stereocenters. The van der Waals surface area contributed by atoms with Crippen molar-refractivity contribution in [2.75, 3.05) is 6.54 Å². The first-order valence-electron chi connectivity index (χ1n) is 7.99. The molecule has 1 N–H and O–H groups in total. The topological polar surface area (TPSA) is 110 Å². The van der Waals surface area contributed by atoms with Crippen molar-refractivity contribution < 1.29 is 14.0 Å². The number of furan rings is 1. The summed E-state index contributed by atoms with van der Waals surface area (Å²) < 4.78 is 5.28. The number of aliphatic imine (C=N–C) groups is 1. The molecule has 8 nitrogen and oxygen atoms in total. The Hall–Kier alpha value is -3.94. The number of hydrogen-bond donors (Lipinski definition) is 1. The SMILES string of the molecule is O=C(CN=Cc1cccnc1)c1ccc(C(=O)N/N=C/c2cccnc2)o1. The average molecular weight is 361 g/mol. The minimum Gasteiger partial charge on any atom is -0.448 e. The van der Waals surface area contributed by atoms with Crippen LogP contribution in [-0.4, -0.2) is 40.6 Å². The molecular weight excluding hydrogens is 346 g/mol. The van der Waals surface area contributed by atoms with Gasteiger partial charge in [0.25, 0.3) is 0 Å². The van der Waals surface area contributed by atoms with E-state index in [1.807, 2.05) is 6.07 Å². The molecule has 3 aromatic rings. The number of ketones is 1. The molecule has 0 saturated carbocycles. The minimum absolute atomic E-state index is 0.0158. The lowest BCUT2D eigenvalue weighted by Crippen LogP contribution is -2.16. The Morgan fingerprint density at radius 2 is 1.63 bits per heavy atom. The van der Waals surface area contributed by atoms with Crippen molar-refractivity contribution in [1.82, 2.24) is 15.4 Å². The molecule has 27 heavy (non-hydrogen) atoms. The third kappa shape index (κ3) is 5.27. The van der Waals surface area contributed by atoms with Crippen molar-refractivity contribution in [2.24, 2.45) is 10.1 Å². The molecule has 0 unspecified atom stereocenters. The van der Waals surface area contributed by atoms with Crippen LogP contribution in [0.3, 0.4) is 0 Å². The van der Waals surface area contributed by atoms with Gasteiger partial charge >= 0.3 is 5.91 Å². The van der Waals surface area contributed by atoms with Gasteiger partial charge in [0.05, 0.1) is 6.21 Å². The zero-order chi connectivity index (χ0) is 18.9. The lowest BCUT2D eigenvalue weighted by atomic mass is 10.3. The summed E-state index contributed by atoms with van der Waals surface area (Å²) in [4.78, 5) is 36.0. The lowest BCUT2D eigenvalue weighted by Gasteiger charge is -1.96. The number of rotatable bonds is 7. The largest absolute Gasteiger partial charge is 0.448 e. The van der Waals surface area contributed by atoms with Crippen molar-refractivity contribution in [3.63, 3.8) is 0 Å². The van der Waals surface area contributed by atoms with Crippen LogP contribution in [-0.2, 0) is 0 Å². The molecule has 0 fully saturated rings. The van der Waals surface area contributed by atoms with Crippen LogP contribution in [0.2, 0.25) is 0 Å². The summed E-state index contributed by atoms with van der Waals surface area (Å²) in [6.07, 6.45) is 9.53. The van der Waals surface area contributed by atoms with Crippen LogP contribution in [0.25, 0.3) is 0 Å². The number of hydrogen-bond acceptors (Lipinski definition) is 7. The fourth-order valence-electron chi connectivity index (χ4n) is 2.05. The summed E-state index contributed by atoms with van der Waals surface area (Å²) in [5.41, 5.74) is 3.85. The Morgan fingerprint density at radius 3 is 2.30 bits per heavy atom. The van der Waals surface area contributed by atoms with Crippen LogP contribution >= 0.6 is 0 Å². The van der Waals surface area contributed by atoms with Crippen LogP contribution in [0.5, 0.6) is 0 Å². The smallest absolute Gasteiger partial charge is 0.307 e. The molecule has 0 spiro atoms. The van der Waals surface area contributed by atoms with E-state index < -0.39 is 5.91 Å². The molecule has 8 heteroatoms. The number of hydrazone groups is 1. The van der Waals surface area contributed by atoms with Crippen LogP contribution in [0, 0.1) is 0 Å². The fraction of sp³-hybridized carbons (Fsp3) is 0.0526. The quantitative estimate of drug-likeness (QED) is 0.394. The van der Waals surface area contributed by atoms with Gasteiger partial charge in [-0.25, -0.2) is 5.43 Å². The highest BCUT2D eigenvalue weighted by molar-refractivity contribution is 5.98. The maximum Gasteiger partial charge on any atom is 0.307 e. The minimum atomic E-state index is -0.562. The molecule has 3 aromatic heterocycles. The predicted molar refractivity (Wildman–Crippen MR) is 99.0 cm³/mol. The van der Waals surface area contributed by atoms with Gasteiger partial charge in [-0.3, -0.25) is 24.5 Å². The predicted octanol–water partition coefficient (Wildman–Crippen LogP) is 2.14. The van der Waals surface area contributed by atoms with E-state index in [1.54, 1.807) is 49.2 Å². The van der Waals surface area contributed by atoms with E-state index in [1.165, 1.54) is 18.3 Å². The summed E-state index contributed by atoms with van der Waals surface area (Å²) >= 11 is 0. The second-order valence-electron chi connectivity index (χ2n) is 5.33. The van der Waals surface area contributed by atoms with E-state index in [2.05, 4.69) is 25.5 Å². The molecule has 0 radical (unpaired) electrons. The fourth-order valence-corrected chi connectivity index (χ4v) is 2.05. The Bertz CT molecular complexity index is 887. The number of carbonyl (C=O) groups excluding carboxylic acids is 2. The van der Waals surface area contributed by atoms with Crippen LogP contribution in [0.15, 0.2) is 75.7 Å². The lowest BCUT2D eigenvalue weighted by molar-refractivity contribution is 0.0917. The molecule has 3 heterocycles. The molecule has 0 saturated heterocycles. The monoisotopic (exact) mass is 361 g/mol. The Kier molecular flexibility index (Phi) is 5.92. The van der Waals surface area contributed by atoms with E-state index in [0.29, 0.717) is 0 Å². The van der Waals surface area contributed by atoms with Crippen molar-refractivity contribution in [3.8, 4) is 0 Å². The molecule has 0 aliphatic rings. The van der Waals surface area contributed by atoms with E-state index >= 15 is 0 Å². The molecule has 1 amide bonds. The summed E-state index contributed by atoms with van der Waals surface area (Å²) in [5.74, 6) is -0.862. The third-order valence-electron chi connectivity index (χ3n) is 3.33. The van der Waals surface area contributed by atoms with Gasteiger partial charge < -0.3 is 4.42 Å². The number of aromatic nitrogens is 2. The Labute approximate surface area is 154 Å². The van der Waals surface area contributed by atoms with Crippen molar-refractivity contribution in [1.29, 1.82) is 0 Å². The highest BCUT2D eigenvalue weighted by Gasteiger charge is 2.14. The van der Waals surface area contributed by atoms with Gasteiger partial charge in [0.1, 0.15) is 6.54 Å². The second kappa shape index (κ2) is 8.95. The van der Waals surface area contributed by atoms with Crippen molar-refractivity contribution in [3.05, 3.63) is 83.8 Å². The van der Waals surface area contributed by atoms with Gasteiger partial charge in [0, 0.05) is 42.1 Å². The maximum atomic E-state index is 12.1. The summed E-state index contributed by atoms with van der Waals surface area (Å²) in [5, 5.41) is 3.82. The van der Waals surface area contributed by atoms with Gasteiger partial charge in [-0.1, -0.05) is 12.1 Å². The molecule has 0 aromatic carbocycles. The van der Waals surface area contributed by atoms with Crippen LogP contribution in [0.1, 0.15) is 32.2 Å². The number of nitrogens with one attached hydrogen (secondary N) is 1. The van der Waals surface area contributed by atoms with Gasteiger partial charge in [0.2, 0.25) is 5.78 Å². The van der Waals surface area contributed by atoms with Crippen molar-refractivity contribution in [2.45, 2.75) is 0 Å². The van der Waals surface area contributed by atoms with Crippen LogP contribution in [0.4, 0.5) is 0 Å². The van der Waals surface area contributed by atoms with E-state index in [9.17, 15) is 9.59 Å². The highest BCUT2D eigenvalue weighted by Crippen LogP contribution is 2.09. The molecule has 134 valence electrons. The van der Waals surface area contributed by atoms with Gasteiger partial charge in [-0.2, -0.15) is 5.10 Å². The summed E-state index contributed by atoms with van der Waals surface area (Å²) in [7, 11) is 0. The van der Waals surface area contributed by atoms with E-state index in [-0.39, 0.29) is 23.8 Å². The normalized spacial score (nSPS) is 11.1. The molecule has 0 aliphatic carbocycles. The number of pyridine rings is 2. The number of amides is 1. The zero-order valence-electron chi connectivity index (χ0n) is 14.1. The summed E-state index contributed by atoms with van der Waals surface area (Å²) in [6.45, 7) is -0.0946. The summed E-state index contributed by atoms with van der Waals surface area (Å²) in [6, 6.07) is 9.98. The van der Waals surface area contributed by atoms with Gasteiger partial charge in [0.15, 0.2) is 11.5 Å². The highest BCUT2D eigenvalue weighted by atomic mass is 16.4. The standard InChI is InChI=1S/C19H15N5O3/c25-16(13-22-11-14-3-1-7-20-9-14)17-5-6-18(27-17)19(26)24-23-12-15-4-2-8-21-10-15/h1-12H,13H2,(H,24,26)/b22-11?,23-12+. The average Bonchev–Trinajstić information content (AvgIpc) is 3.20. The molecule has 0 aliphatic heterocycles. The number of nitrogens with zero attached hydrogens (tertiary/aromatic N) is 4. The first-order chi connectivity index (χ1) is 13.2. The van der Waals surface area contributed by atoms with Crippen LogP contribution < -0.4 is 5.43 Å². The van der Waals surface area contributed by atoms with E-state index in [0.717, 1.165) is 11.1 Å². The first-order valence-corrected chi connectivity index (χ1v) is 7.99. The van der Waals surface area contributed by atoms with E-state index in [4.69, 9.17) is 4.42 Å². The Morgan fingerprint density at radius 1 is 0.963 bits per heavy atom. The zero-order valence-corrected chi connectivity index (χ0v) is 14.1. The number of Topliss-reactive ketones (excluding diaryl/α,β-unsaturated/α-hetero) is 1. The van der Waals surface area contributed by atoms with Gasteiger partial charge in [-0.15, -0.1) is 0 Å². The number of carbonyl (C=O) groups is 2. The molecule has 3 rings (SSSR count). The second-order valence-corrected chi connectivity index (χ2v) is 5.33. The third-order valence-corrected chi connectivity index (χ3v) is 3.33. The molecule has 0 bridgehead atoms. The van der Waals surface area contributed by atoms with Gasteiger partial charge in [-0.05, 0) is 24.3 Å².